The Morgan fingerprint density at radius 1 is 1.30 bits per heavy atom. The lowest BCUT2D eigenvalue weighted by Crippen LogP contribution is -2.04. The number of fused-ring (bicyclic) bond motifs is 1. The van der Waals surface area contributed by atoms with Gasteiger partial charge in [0.1, 0.15) is 5.65 Å². The number of H-pyrrole nitrogens is 1. The van der Waals surface area contributed by atoms with Gasteiger partial charge in [-0.3, -0.25) is 0 Å². The Bertz CT molecular complexity index is 762. The van der Waals surface area contributed by atoms with Gasteiger partial charge in [-0.15, -0.1) is 0 Å². The zero-order valence-electron chi connectivity index (χ0n) is 11.1. The minimum absolute atomic E-state index is 0.297. The summed E-state index contributed by atoms with van der Waals surface area (Å²) in [6, 6.07) is 11.4. The largest absolute Gasteiger partial charge is 0.462 e. The summed E-state index contributed by atoms with van der Waals surface area (Å²) in [5.41, 5.74) is 3.42. The number of carbonyl (C=O) groups excluding carboxylic acids is 1. The van der Waals surface area contributed by atoms with E-state index in [1.165, 1.54) is 0 Å². The number of hydrogen-bond acceptors (Lipinski definition) is 3. The predicted molar refractivity (Wildman–Crippen MR) is 77.5 cm³/mol. The van der Waals surface area contributed by atoms with Gasteiger partial charge in [0, 0.05) is 17.8 Å². The number of benzene rings is 1. The molecule has 0 saturated heterocycles. The molecule has 0 aliphatic heterocycles. The number of aromatic amines is 1. The van der Waals surface area contributed by atoms with Gasteiger partial charge in [0.05, 0.1) is 12.2 Å². The van der Waals surface area contributed by atoms with Crippen LogP contribution in [0, 0.1) is 0 Å². The Balaban J connectivity index is 2.08. The van der Waals surface area contributed by atoms with E-state index in [1.807, 2.05) is 36.5 Å². The fourth-order valence-corrected chi connectivity index (χ4v) is 2.24. The summed E-state index contributed by atoms with van der Waals surface area (Å²) in [5.74, 6) is -0.297. The summed E-state index contributed by atoms with van der Waals surface area (Å²) < 4.78 is 5.03. The highest BCUT2D eigenvalue weighted by Gasteiger charge is 2.10. The highest BCUT2D eigenvalue weighted by molar-refractivity contribution is 5.96. The topological polar surface area (TPSA) is 55.0 Å². The summed E-state index contributed by atoms with van der Waals surface area (Å²) in [4.78, 5) is 19.2. The third-order valence-corrected chi connectivity index (χ3v) is 3.14. The zero-order chi connectivity index (χ0) is 13.9. The molecule has 0 amide bonds. The van der Waals surface area contributed by atoms with Crippen LogP contribution in [0.1, 0.15) is 17.3 Å². The number of hydrogen-bond donors (Lipinski definition) is 1. The third-order valence-electron chi connectivity index (χ3n) is 3.14. The molecule has 2 heterocycles. The van der Waals surface area contributed by atoms with Crippen LogP contribution in [0.4, 0.5) is 0 Å². The van der Waals surface area contributed by atoms with Gasteiger partial charge in [-0.05, 0) is 42.3 Å². The van der Waals surface area contributed by atoms with Crippen LogP contribution >= 0.6 is 0 Å². The summed E-state index contributed by atoms with van der Waals surface area (Å²) in [6.07, 6.45) is 3.61. The van der Waals surface area contributed by atoms with E-state index in [0.717, 1.165) is 22.2 Å². The average molecular weight is 266 g/mol. The molecule has 0 fully saturated rings. The number of aromatic nitrogens is 2. The second-order valence-electron chi connectivity index (χ2n) is 4.40. The molecule has 0 atom stereocenters. The SMILES string of the molecule is CCOC(=O)c1cccc(-c2ccnc3[nH]ccc23)c1. The van der Waals surface area contributed by atoms with Crippen LogP contribution in [-0.2, 0) is 4.74 Å². The molecule has 4 heteroatoms. The van der Waals surface area contributed by atoms with Crippen molar-refractivity contribution in [2.75, 3.05) is 6.61 Å². The van der Waals surface area contributed by atoms with Crippen LogP contribution in [0.2, 0.25) is 0 Å². The summed E-state index contributed by atoms with van der Waals surface area (Å²) in [6.45, 7) is 2.17. The lowest BCUT2D eigenvalue weighted by atomic mass is 10.0. The quantitative estimate of drug-likeness (QED) is 0.739. The number of rotatable bonds is 3. The molecule has 3 rings (SSSR count). The van der Waals surface area contributed by atoms with E-state index in [2.05, 4.69) is 9.97 Å². The molecule has 20 heavy (non-hydrogen) atoms. The molecule has 0 radical (unpaired) electrons. The van der Waals surface area contributed by atoms with Crippen LogP contribution in [0.5, 0.6) is 0 Å². The Morgan fingerprint density at radius 3 is 3.05 bits per heavy atom. The van der Waals surface area contributed by atoms with E-state index < -0.39 is 0 Å². The van der Waals surface area contributed by atoms with E-state index in [9.17, 15) is 4.79 Å². The molecule has 0 spiro atoms. The van der Waals surface area contributed by atoms with Gasteiger partial charge in [0.25, 0.3) is 0 Å². The number of esters is 1. The summed E-state index contributed by atoms with van der Waals surface area (Å²) in [5, 5.41) is 1.04. The second-order valence-corrected chi connectivity index (χ2v) is 4.40. The first kappa shape index (κ1) is 12.4. The highest BCUT2D eigenvalue weighted by Crippen LogP contribution is 2.27. The maximum Gasteiger partial charge on any atom is 0.338 e. The molecule has 0 bridgehead atoms. The van der Waals surface area contributed by atoms with Crippen LogP contribution in [0.25, 0.3) is 22.2 Å². The van der Waals surface area contributed by atoms with Gasteiger partial charge in [-0.2, -0.15) is 0 Å². The number of ether oxygens (including phenoxy) is 1. The lowest BCUT2D eigenvalue weighted by molar-refractivity contribution is 0.0526. The molecule has 0 aliphatic rings. The first-order valence-electron chi connectivity index (χ1n) is 6.49. The van der Waals surface area contributed by atoms with E-state index >= 15 is 0 Å². The van der Waals surface area contributed by atoms with Gasteiger partial charge >= 0.3 is 5.97 Å². The smallest absolute Gasteiger partial charge is 0.338 e. The number of nitrogens with zero attached hydrogens (tertiary/aromatic N) is 1. The molecule has 0 aliphatic carbocycles. The lowest BCUT2D eigenvalue weighted by Gasteiger charge is -2.06. The Labute approximate surface area is 116 Å². The van der Waals surface area contributed by atoms with E-state index in [1.54, 1.807) is 19.2 Å². The third kappa shape index (κ3) is 2.16. The van der Waals surface area contributed by atoms with Crippen molar-refractivity contribution in [1.29, 1.82) is 0 Å². The van der Waals surface area contributed by atoms with Crippen molar-refractivity contribution in [3.05, 3.63) is 54.4 Å². The molecule has 100 valence electrons. The van der Waals surface area contributed by atoms with Crippen LogP contribution in [0.3, 0.4) is 0 Å². The Hall–Kier alpha value is -2.62. The monoisotopic (exact) mass is 266 g/mol. The first-order chi connectivity index (χ1) is 9.79. The molecular formula is C16H14N2O2. The number of nitrogens with one attached hydrogen (secondary N) is 1. The average Bonchev–Trinajstić information content (AvgIpc) is 2.96. The minimum atomic E-state index is -0.297. The van der Waals surface area contributed by atoms with Gasteiger partial charge < -0.3 is 9.72 Å². The van der Waals surface area contributed by atoms with Crippen LogP contribution in [0.15, 0.2) is 48.8 Å². The van der Waals surface area contributed by atoms with Crippen LogP contribution < -0.4 is 0 Å². The molecule has 0 saturated carbocycles. The number of carbonyl (C=O) groups is 1. The fraction of sp³-hybridized carbons (Fsp3) is 0.125. The van der Waals surface area contributed by atoms with Crippen molar-refractivity contribution in [3.8, 4) is 11.1 Å². The van der Waals surface area contributed by atoms with Gasteiger partial charge in [-0.1, -0.05) is 12.1 Å². The van der Waals surface area contributed by atoms with Gasteiger partial charge in [0.2, 0.25) is 0 Å². The predicted octanol–water partition coefficient (Wildman–Crippen LogP) is 3.41. The molecule has 4 nitrogen and oxygen atoms in total. The van der Waals surface area contributed by atoms with Gasteiger partial charge in [0.15, 0.2) is 0 Å². The molecule has 3 aromatic rings. The van der Waals surface area contributed by atoms with E-state index in [-0.39, 0.29) is 5.97 Å². The maximum atomic E-state index is 11.8. The molecule has 1 aromatic carbocycles. The standard InChI is InChI=1S/C16H14N2O2/c1-2-20-16(19)12-5-3-4-11(10-12)13-6-8-17-15-14(13)7-9-18-15/h3-10H,2H2,1H3,(H,17,18). The van der Waals surface area contributed by atoms with Crippen molar-refractivity contribution >= 4 is 17.0 Å². The summed E-state index contributed by atoms with van der Waals surface area (Å²) >= 11 is 0. The van der Waals surface area contributed by atoms with Crippen LogP contribution in [-0.4, -0.2) is 22.5 Å². The van der Waals surface area contributed by atoms with E-state index in [4.69, 9.17) is 4.74 Å². The first-order valence-corrected chi connectivity index (χ1v) is 6.49. The number of pyridine rings is 1. The van der Waals surface area contributed by atoms with Gasteiger partial charge in [-0.25, -0.2) is 9.78 Å². The van der Waals surface area contributed by atoms with Crippen molar-refractivity contribution in [3.63, 3.8) is 0 Å². The minimum Gasteiger partial charge on any atom is -0.462 e. The van der Waals surface area contributed by atoms with Crippen molar-refractivity contribution in [1.82, 2.24) is 9.97 Å². The van der Waals surface area contributed by atoms with Crippen molar-refractivity contribution < 1.29 is 9.53 Å². The molecule has 0 unspecified atom stereocenters. The Kier molecular flexibility index (Phi) is 3.21. The zero-order valence-corrected chi connectivity index (χ0v) is 11.1. The summed E-state index contributed by atoms with van der Waals surface area (Å²) in [7, 11) is 0. The maximum absolute atomic E-state index is 11.8. The highest BCUT2D eigenvalue weighted by atomic mass is 16.5. The second kappa shape index (κ2) is 5.17. The molecular weight excluding hydrogens is 252 g/mol. The fourth-order valence-electron chi connectivity index (χ4n) is 2.24. The molecule has 1 N–H and O–H groups in total. The van der Waals surface area contributed by atoms with Crippen molar-refractivity contribution in [2.45, 2.75) is 6.92 Å². The molecule has 2 aromatic heterocycles. The normalized spacial score (nSPS) is 10.7. The van der Waals surface area contributed by atoms with Crippen molar-refractivity contribution in [2.24, 2.45) is 0 Å². The van der Waals surface area contributed by atoms with E-state index in [0.29, 0.717) is 12.2 Å². The Morgan fingerprint density at radius 2 is 2.20 bits per heavy atom.